The number of imide groups is 1. The maximum Gasteiger partial charge on any atom is 0.249 e. The van der Waals surface area contributed by atoms with Gasteiger partial charge in [0.05, 0.1) is 11.4 Å². The van der Waals surface area contributed by atoms with Gasteiger partial charge in [-0.2, -0.15) is 0 Å². The summed E-state index contributed by atoms with van der Waals surface area (Å²) < 4.78 is 0. The monoisotopic (exact) mass is 268 g/mol. The minimum atomic E-state index is -0.503. The van der Waals surface area contributed by atoms with Gasteiger partial charge in [-0.15, -0.1) is 0 Å². The number of carbonyl (C=O) groups excluding carboxylic acids is 2. The fraction of sp³-hybridized carbons (Fsp3) is 0.455. The van der Waals surface area contributed by atoms with Gasteiger partial charge in [0, 0.05) is 6.42 Å². The molecule has 2 amide bonds. The zero-order chi connectivity index (χ0) is 13.3. The number of piperidine rings is 1. The quantitative estimate of drug-likeness (QED) is 0.781. The van der Waals surface area contributed by atoms with Crippen molar-refractivity contribution in [2.45, 2.75) is 32.7 Å². The third kappa shape index (κ3) is 2.59. The van der Waals surface area contributed by atoms with Crippen LogP contribution in [0.25, 0.3) is 0 Å². The fourth-order valence-corrected chi connectivity index (χ4v) is 1.89. The molecule has 1 aliphatic heterocycles. The van der Waals surface area contributed by atoms with Gasteiger partial charge < -0.3 is 5.32 Å². The molecule has 0 radical (unpaired) electrons. The van der Waals surface area contributed by atoms with Gasteiger partial charge in [-0.3, -0.25) is 14.9 Å². The van der Waals surface area contributed by atoms with Gasteiger partial charge in [-0.05, 0) is 20.3 Å². The molecule has 2 N–H and O–H groups in total. The average molecular weight is 269 g/mol. The summed E-state index contributed by atoms with van der Waals surface area (Å²) in [6, 6.07) is -0.503. The molecule has 1 aromatic rings. The SMILES string of the molecule is Cc1nc(Cl)c(NC2CCC(=O)NC2=O)nc1C. The number of hydrogen-bond donors (Lipinski definition) is 2. The molecule has 7 heteroatoms. The third-order valence-electron chi connectivity index (χ3n) is 2.81. The summed E-state index contributed by atoms with van der Waals surface area (Å²) in [4.78, 5) is 31.0. The lowest BCUT2D eigenvalue weighted by atomic mass is 10.1. The predicted octanol–water partition coefficient (Wildman–Crippen LogP) is 0.964. The van der Waals surface area contributed by atoms with Crippen molar-refractivity contribution in [2.24, 2.45) is 0 Å². The van der Waals surface area contributed by atoms with E-state index in [1.54, 1.807) is 0 Å². The Hall–Kier alpha value is -1.69. The summed E-state index contributed by atoms with van der Waals surface area (Å²) in [6.07, 6.45) is 0.731. The molecule has 0 aliphatic carbocycles. The first-order valence-corrected chi connectivity index (χ1v) is 5.96. The number of carbonyl (C=O) groups is 2. The first-order chi connectivity index (χ1) is 8.47. The average Bonchev–Trinajstić information content (AvgIpc) is 2.29. The molecule has 96 valence electrons. The summed E-state index contributed by atoms with van der Waals surface area (Å²) in [7, 11) is 0. The summed E-state index contributed by atoms with van der Waals surface area (Å²) in [5, 5.41) is 5.41. The molecule has 18 heavy (non-hydrogen) atoms. The topological polar surface area (TPSA) is 84.0 Å². The number of rotatable bonds is 2. The highest BCUT2D eigenvalue weighted by Crippen LogP contribution is 2.20. The number of halogens is 1. The lowest BCUT2D eigenvalue weighted by Crippen LogP contribution is -2.47. The minimum absolute atomic E-state index is 0.225. The molecule has 1 saturated heterocycles. The highest BCUT2D eigenvalue weighted by molar-refractivity contribution is 6.31. The second kappa shape index (κ2) is 4.89. The van der Waals surface area contributed by atoms with E-state index in [1.165, 1.54) is 0 Å². The molecular formula is C11H13ClN4O2. The van der Waals surface area contributed by atoms with Crippen LogP contribution in [-0.4, -0.2) is 27.8 Å². The number of nitrogens with zero attached hydrogens (tertiary/aromatic N) is 2. The number of hydrogen-bond acceptors (Lipinski definition) is 5. The van der Waals surface area contributed by atoms with Crippen LogP contribution in [0.2, 0.25) is 5.15 Å². The standard InChI is InChI=1S/C11H13ClN4O2/c1-5-6(2)14-10(9(12)13-5)15-7-3-4-8(17)16-11(7)18/h7H,3-4H2,1-2H3,(H,14,15)(H,16,17,18). The fourth-order valence-electron chi connectivity index (χ4n) is 1.66. The van der Waals surface area contributed by atoms with Gasteiger partial charge in [-0.1, -0.05) is 11.6 Å². The summed E-state index contributed by atoms with van der Waals surface area (Å²) in [6.45, 7) is 3.62. The van der Waals surface area contributed by atoms with E-state index in [-0.39, 0.29) is 17.0 Å². The van der Waals surface area contributed by atoms with E-state index < -0.39 is 6.04 Å². The molecule has 1 aromatic heterocycles. The number of amides is 2. The molecule has 1 aliphatic rings. The summed E-state index contributed by atoms with van der Waals surface area (Å²) in [5.41, 5.74) is 1.49. The molecule has 1 atom stereocenters. The van der Waals surface area contributed by atoms with Crippen molar-refractivity contribution in [3.05, 3.63) is 16.5 Å². The van der Waals surface area contributed by atoms with Gasteiger partial charge in [0.25, 0.3) is 0 Å². The largest absolute Gasteiger partial charge is 0.356 e. The molecule has 0 spiro atoms. The van der Waals surface area contributed by atoms with Crippen LogP contribution < -0.4 is 10.6 Å². The highest BCUT2D eigenvalue weighted by Gasteiger charge is 2.27. The van der Waals surface area contributed by atoms with Crippen molar-refractivity contribution >= 4 is 29.2 Å². The van der Waals surface area contributed by atoms with Gasteiger partial charge in [-0.25, -0.2) is 9.97 Å². The first kappa shape index (κ1) is 12.8. The lowest BCUT2D eigenvalue weighted by Gasteiger charge is -2.22. The van der Waals surface area contributed by atoms with E-state index in [2.05, 4.69) is 20.6 Å². The molecule has 0 aromatic carbocycles. The Morgan fingerprint density at radius 1 is 1.28 bits per heavy atom. The zero-order valence-corrected chi connectivity index (χ0v) is 10.8. The predicted molar refractivity (Wildman–Crippen MR) is 66.3 cm³/mol. The Morgan fingerprint density at radius 3 is 2.61 bits per heavy atom. The maximum atomic E-state index is 11.6. The normalized spacial score (nSPS) is 19.6. The van der Waals surface area contributed by atoms with E-state index >= 15 is 0 Å². The van der Waals surface area contributed by atoms with Crippen molar-refractivity contribution in [2.75, 3.05) is 5.32 Å². The van der Waals surface area contributed by atoms with Crippen LogP contribution >= 0.6 is 11.6 Å². The van der Waals surface area contributed by atoms with Crippen molar-refractivity contribution in [1.29, 1.82) is 0 Å². The van der Waals surface area contributed by atoms with Crippen LogP contribution in [0.15, 0.2) is 0 Å². The summed E-state index contributed by atoms with van der Waals surface area (Å²) in [5.74, 6) is -0.244. The van der Waals surface area contributed by atoms with Crippen molar-refractivity contribution in [1.82, 2.24) is 15.3 Å². The first-order valence-electron chi connectivity index (χ1n) is 5.58. The van der Waals surface area contributed by atoms with Crippen LogP contribution in [0.3, 0.4) is 0 Å². The van der Waals surface area contributed by atoms with E-state index in [9.17, 15) is 9.59 Å². The molecule has 2 heterocycles. The number of aryl methyl sites for hydroxylation is 2. The van der Waals surface area contributed by atoms with Gasteiger partial charge in [0.2, 0.25) is 11.8 Å². The van der Waals surface area contributed by atoms with E-state index in [1.807, 2.05) is 13.8 Å². The molecule has 0 bridgehead atoms. The van der Waals surface area contributed by atoms with Crippen LogP contribution in [0.1, 0.15) is 24.2 Å². The summed E-state index contributed by atoms with van der Waals surface area (Å²) >= 11 is 5.96. The third-order valence-corrected chi connectivity index (χ3v) is 3.08. The van der Waals surface area contributed by atoms with Gasteiger partial charge in [0.1, 0.15) is 6.04 Å². The Morgan fingerprint density at radius 2 is 1.94 bits per heavy atom. The Labute approximate surface area is 109 Å². The maximum absolute atomic E-state index is 11.6. The Bertz CT molecular complexity index is 518. The van der Waals surface area contributed by atoms with Crippen molar-refractivity contribution in [3.8, 4) is 0 Å². The highest BCUT2D eigenvalue weighted by atomic mass is 35.5. The van der Waals surface area contributed by atoms with Crippen LogP contribution in [0.4, 0.5) is 5.82 Å². The Balaban J connectivity index is 2.17. The van der Waals surface area contributed by atoms with Crippen LogP contribution in [0.5, 0.6) is 0 Å². The van der Waals surface area contributed by atoms with Crippen LogP contribution in [0, 0.1) is 13.8 Å². The number of nitrogens with one attached hydrogen (secondary N) is 2. The van der Waals surface area contributed by atoms with E-state index in [0.29, 0.717) is 18.7 Å². The van der Waals surface area contributed by atoms with Crippen molar-refractivity contribution < 1.29 is 9.59 Å². The molecule has 2 rings (SSSR count). The minimum Gasteiger partial charge on any atom is -0.356 e. The van der Waals surface area contributed by atoms with E-state index in [0.717, 1.165) is 11.4 Å². The molecule has 1 unspecified atom stereocenters. The smallest absolute Gasteiger partial charge is 0.249 e. The second-order valence-corrected chi connectivity index (χ2v) is 4.54. The number of anilines is 1. The van der Waals surface area contributed by atoms with Gasteiger partial charge >= 0.3 is 0 Å². The van der Waals surface area contributed by atoms with Crippen molar-refractivity contribution in [3.63, 3.8) is 0 Å². The van der Waals surface area contributed by atoms with E-state index in [4.69, 9.17) is 11.6 Å². The van der Waals surface area contributed by atoms with Crippen LogP contribution in [-0.2, 0) is 9.59 Å². The second-order valence-electron chi connectivity index (χ2n) is 4.18. The molecule has 0 saturated carbocycles. The zero-order valence-electron chi connectivity index (χ0n) is 10.1. The molecule has 1 fully saturated rings. The van der Waals surface area contributed by atoms with Gasteiger partial charge in [0.15, 0.2) is 11.0 Å². The Kier molecular flexibility index (Phi) is 3.47. The lowest BCUT2D eigenvalue weighted by molar-refractivity contribution is -0.133. The molecule has 6 nitrogen and oxygen atoms in total. The molecular weight excluding hydrogens is 256 g/mol. The number of aromatic nitrogens is 2.